The molecule has 1 aliphatic carbocycles. The lowest BCUT2D eigenvalue weighted by molar-refractivity contribution is 0.0347. The molecular formula is C12H24O3S. The van der Waals surface area contributed by atoms with Crippen molar-refractivity contribution in [3.05, 3.63) is 0 Å². The molecule has 1 N–H and O–H groups in total. The summed E-state index contributed by atoms with van der Waals surface area (Å²) in [6, 6.07) is 0. The van der Waals surface area contributed by atoms with Crippen molar-refractivity contribution in [3.63, 3.8) is 0 Å². The topological polar surface area (TPSA) is 54.4 Å². The van der Waals surface area contributed by atoms with Crippen LogP contribution in [-0.2, 0) is 9.84 Å². The smallest absolute Gasteiger partial charge is 0.150 e. The Kier molecular flexibility index (Phi) is 4.80. The van der Waals surface area contributed by atoms with Gasteiger partial charge in [0.2, 0.25) is 0 Å². The normalized spacial score (nSPS) is 22.2. The molecule has 1 aliphatic rings. The summed E-state index contributed by atoms with van der Waals surface area (Å²) in [4.78, 5) is 0. The summed E-state index contributed by atoms with van der Waals surface area (Å²) >= 11 is 0. The summed E-state index contributed by atoms with van der Waals surface area (Å²) in [5, 5.41) is 10.1. The third kappa shape index (κ3) is 3.74. The van der Waals surface area contributed by atoms with Crippen LogP contribution in [0.25, 0.3) is 0 Å². The second-order valence-corrected chi connectivity index (χ2v) is 7.73. The Morgan fingerprint density at radius 3 is 2.38 bits per heavy atom. The summed E-state index contributed by atoms with van der Waals surface area (Å²) in [5.74, 6) is 0.428. The van der Waals surface area contributed by atoms with Crippen molar-refractivity contribution in [3.8, 4) is 0 Å². The van der Waals surface area contributed by atoms with Crippen LogP contribution in [0.3, 0.4) is 0 Å². The summed E-state index contributed by atoms with van der Waals surface area (Å²) in [6.45, 7) is 3.79. The molecule has 0 aromatic carbocycles. The maximum Gasteiger partial charge on any atom is 0.150 e. The maximum atomic E-state index is 11.3. The summed E-state index contributed by atoms with van der Waals surface area (Å²) < 4.78 is 22.6. The number of aliphatic hydroxyl groups excluding tert-OH is 1. The fraction of sp³-hybridized carbons (Fsp3) is 1.00. The molecule has 16 heavy (non-hydrogen) atoms. The molecule has 3 nitrogen and oxygen atoms in total. The van der Waals surface area contributed by atoms with E-state index in [1.807, 2.05) is 0 Å². The van der Waals surface area contributed by atoms with Gasteiger partial charge in [-0.15, -0.1) is 0 Å². The van der Waals surface area contributed by atoms with Crippen molar-refractivity contribution in [2.75, 3.05) is 11.5 Å². The van der Waals surface area contributed by atoms with E-state index in [-0.39, 0.29) is 23.0 Å². The highest BCUT2D eigenvalue weighted by Gasteiger charge is 2.35. The second kappa shape index (κ2) is 5.50. The van der Waals surface area contributed by atoms with Crippen molar-refractivity contribution >= 4 is 9.84 Å². The van der Waals surface area contributed by atoms with Crippen molar-refractivity contribution in [1.29, 1.82) is 0 Å². The van der Waals surface area contributed by atoms with Gasteiger partial charge in [-0.1, -0.05) is 26.7 Å². The van der Waals surface area contributed by atoms with Crippen LogP contribution in [0.4, 0.5) is 0 Å². The first-order valence-electron chi connectivity index (χ1n) is 6.28. The standard InChI is InChI=1S/C12H24O3S/c1-3-16(14,15)10-6-7-11(13)12(2)8-4-5-9-12/h11,13H,3-10H2,1-2H3. The van der Waals surface area contributed by atoms with Crippen LogP contribution in [0.15, 0.2) is 0 Å². The lowest BCUT2D eigenvalue weighted by Gasteiger charge is -2.29. The van der Waals surface area contributed by atoms with Gasteiger partial charge in [0.05, 0.1) is 11.9 Å². The zero-order valence-electron chi connectivity index (χ0n) is 10.4. The molecule has 0 heterocycles. The Morgan fingerprint density at radius 2 is 1.88 bits per heavy atom. The van der Waals surface area contributed by atoms with Crippen LogP contribution in [0, 0.1) is 5.41 Å². The molecule has 0 aromatic heterocycles. The van der Waals surface area contributed by atoms with Gasteiger partial charge in [-0.3, -0.25) is 0 Å². The minimum Gasteiger partial charge on any atom is -0.393 e. The molecule has 0 saturated heterocycles. The van der Waals surface area contributed by atoms with E-state index >= 15 is 0 Å². The van der Waals surface area contributed by atoms with E-state index in [1.165, 1.54) is 12.8 Å². The molecule has 0 amide bonds. The lowest BCUT2D eigenvalue weighted by atomic mass is 9.81. The maximum absolute atomic E-state index is 11.3. The fourth-order valence-electron chi connectivity index (χ4n) is 2.51. The van der Waals surface area contributed by atoms with E-state index in [0.29, 0.717) is 12.8 Å². The number of rotatable bonds is 6. The van der Waals surface area contributed by atoms with Crippen molar-refractivity contribution in [2.24, 2.45) is 5.41 Å². The van der Waals surface area contributed by atoms with Crippen molar-refractivity contribution in [2.45, 2.75) is 58.5 Å². The Bertz CT molecular complexity index is 302. The highest BCUT2D eigenvalue weighted by atomic mass is 32.2. The average Bonchev–Trinajstić information content (AvgIpc) is 2.66. The van der Waals surface area contributed by atoms with E-state index in [1.54, 1.807) is 6.92 Å². The number of hydrogen-bond acceptors (Lipinski definition) is 3. The van der Waals surface area contributed by atoms with E-state index < -0.39 is 9.84 Å². The molecule has 0 radical (unpaired) electrons. The highest BCUT2D eigenvalue weighted by molar-refractivity contribution is 7.91. The quantitative estimate of drug-likeness (QED) is 0.783. The predicted octanol–water partition coefficient (Wildman–Crippen LogP) is 2.14. The van der Waals surface area contributed by atoms with E-state index in [9.17, 15) is 13.5 Å². The van der Waals surface area contributed by atoms with Crippen LogP contribution < -0.4 is 0 Å². The molecule has 96 valence electrons. The minimum absolute atomic E-state index is 0.0377. The van der Waals surface area contributed by atoms with Gasteiger partial charge in [0.1, 0.15) is 9.84 Å². The van der Waals surface area contributed by atoms with Crippen molar-refractivity contribution < 1.29 is 13.5 Å². The molecular weight excluding hydrogens is 224 g/mol. The van der Waals surface area contributed by atoms with Gasteiger partial charge >= 0.3 is 0 Å². The average molecular weight is 248 g/mol. The largest absolute Gasteiger partial charge is 0.393 e. The zero-order valence-corrected chi connectivity index (χ0v) is 11.2. The first kappa shape index (κ1) is 14.0. The van der Waals surface area contributed by atoms with E-state index in [2.05, 4.69) is 6.92 Å². The van der Waals surface area contributed by atoms with Crippen LogP contribution in [0.5, 0.6) is 0 Å². The molecule has 1 saturated carbocycles. The third-order valence-corrected chi connectivity index (χ3v) is 5.71. The fourth-order valence-corrected chi connectivity index (χ4v) is 3.40. The molecule has 1 atom stereocenters. The summed E-state index contributed by atoms with van der Waals surface area (Å²) in [5.41, 5.74) is 0.0377. The second-order valence-electron chi connectivity index (χ2n) is 5.26. The van der Waals surface area contributed by atoms with Gasteiger partial charge in [-0.25, -0.2) is 8.42 Å². The molecule has 0 aromatic rings. The number of aliphatic hydroxyl groups is 1. The first-order chi connectivity index (χ1) is 7.40. The lowest BCUT2D eigenvalue weighted by Crippen LogP contribution is -2.29. The van der Waals surface area contributed by atoms with Gasteiger partial charge in [0, 0.05) is 5.75 Å². The third-order valence-electron chi connectivity index (χ3n) is 3.92. The first-order valence-corrected chi connectivity index (χ1v) is 8.10. The van der Waals surface area contributed by atoms with Gasteiger partial charge in [0.25, 0.3) is 0 Å². The summed E-state index contributed by atoms with van der Waals surface area (Å²) in [6.07, 6.45) is 5.43. The summed E-state index contributed by atoms with van der Waals surface area (Å²) in [7, 11) is -2.87. The molecule has 4 heteroatoms. The zero-order chi connectivity index (χ0) is 12.2. The molecule has 1 rings (SSSR count). The molecule has 1 fully saturated rings. The number of sulfone groups is 1. The van der Waals surface area contributed by atoms with Crippen molar-refractivity contribution in [1.82, 2.24) is 0 Å². The van der Waals surface area contributed by atoms with E-state index in [4.69, 9.17) is 0 Å². The van der Waals surface area contributed by atoms with Crippen LogP contribution >= 0.6 is 0 Å². The molecule has 0 bridgehead atoms. The van der Waals surface area contributed by atoms with E-state index in [0.717, 1.165) is 12.8 Å². The number of hydrogen-bond donors (Lipinski definition) is 1. The highest BCUT2D eigenvalue weighted by Crippen LogP contribution is 2.41. The monoisotopic (exact) mass is 248 g/mol. The SMILES string of the molecule is CCS(=O)(=O)CCCC(O)C1(C)CCCC1. The Balaban J connectivity index is 2.33. The Morgan fingerprint density at radius 1 is 1.31 bits per heavy atom. The predicted molar refractivity (Wildman–Crippen MR) is 66.1 cm³/mol. The molecule has 0 spiro atoms. The van der Waals surface area contributed by atoms with Crippen LogP contribution in [0.1, 0.15) is 52.4 Å². The van der Waals surface area contributed by atoms with Crippen LogP contribution in [0.2, 0.25) is 0 Å². The van der Waals surface area contributed by atoms with Crippen LogP contribution in [-0.4, -0.2) is 31.1 Å². The minimum atomic E-state index is -2.87. The Labute approximate surface area is 99.2 Å². The molecule has 0 aliphatic heterocycles. The van der Waals surface area contributed by atoms with Gasteiger partial charge < -0.3 is 5.11 Å². The Hall–Kier alpha value is -0.0900. The van der Waals surface area contributed by atoms with Gasteiger partial charge in [0.15, 0.2) is 0 Å². The van der Waals surface area contributed by atoms with Gasteiger partial charge in [-0.05, 0) is 31.1 Å². The van der Waals surface area contributed by atoms with Gasteiger partial charge in [-0.2, -0.15) is 0 Å². The molecule has 1 unspecified atom stereocenters.